The molecule has 174 valence electrons. The van der Waals surface area contributed by atoms with E-state index in [1.54, 1.807) is 32.0 Å². The summed E-state index contributed by atoms with van der Waals surface area (Å²) in [6, 6.07) is 10.2. The summed E-state index contributed by atoms with van der Waals surface area (Å²) < 4.78 is 42.6. The number of sulfonamides is 1. The van der Waals surface area contributed by atoms with E-state index in [-0.39, 0.29) is 35.5 Å². The molecule has 2 amide bonds. The highest BCUT2D eigenvalue weighted by Crippen LogP contribution is 2.26. The van der Waals surface area contributed by atoms with Gasteiger partial charge in [0, 0.05) is 30.1 Å². The molecule has 0 heterocycles. The van der Waals surface area contributed by atoms with Crippen molar-refractivity contribution in [3.05, 3.63) is 48.0 Å². The second-order valence-electron chi connectivity index (χ2n) is 6.93. The fraction of sp³-hybridized carbons (Fsp3) is 0.333. The molecule has 0 bridgehead atoms. The molecule has 0 saturated heterocycles. The molecule has 0 aliphatic carbocycles. The van der Waals surface area contributed by atoms with Crippen molar-refractivity contribution in [2.24, 2.45) is 0 Å². The highest BCUT2D eigenvalue weighted by atomic mass is 32.2. The van der Waals surface area contributed by atoms with E-state index in [1.165, 1.54) is 38.5 Å². The van der Waals surface area contributed by atoms with E-state index < -0.39 is 22.0 Å². The second kappa shape index (κ2) is 11.5. The Balaban J connectivity index is 2.17. The van der Waals surface area contributed by atoms with Crippen molar-refractivity contribution < 1.29 is 32.2 Å². The Hall–Kier alpha value is -3.15. The summed E-state index contributed by atoms with van der Waals surface area (Å²) in [6.07, 6.45) is -0.659. The SMILES string of the molecule is COCCOC(=O)Nc1cccc(NC(=O)c2ccc(OC)c(S(=O)(=O)NC(C)C)c2)c1. The molecule has 0 aromatic heterocycles. The zero-order valence-corrected chi connectivity index (χ0v) is 19.1. The fourth-order valence-corrected chi connectivity index (χ4v) is 4.10. The van der Waals surface area contributed by atoms with Crippen molar-refractivity contribution in [2.75, 3.05) is 38.1 Å². The topological polar surface area (TPSA) is 132 Å². The van der Waals surface area contributed by atoms with Crippen LogP contribution in [-0.4, -0.2) is 53.9 Å². The average molecular weight is 466 g/mol. The predicted molar refractivity (Wildman–Crippen MR) is 120 cm³/mol. The Kier molecular flexibility index (Phi) is 9.00. The van der Waals surface area contributed by atoms with Crippen LogP contribution in [0.15, 0.2) is 47.4 Å². The summed E-state index contributed by atoms with van der Waals surface area (Å²) >= 11 is 0. The Morgan fingerprint density at radius 2 is 1.66 bits per heavy atom. The number of carbonyl (C=O) groups excluding carboxylic acids is 2. The molecule has 0 unspecified atom stereocenters. The summed E-state index contributed by atoms with van der Waals surface area (Å²) in [4.78, 5) is 24.3. The van der Waals surface area contributed by atoms with Crippen LogP contribution in [0.1, 0.15) is 24.2 Å². The molecule has 0 spiro atoms. The molecule has 0 fully saturated rings. The van der Waals surface area contributed by atoms with Gasteiger partial charge in [0.05, 0.1) is 13.7 Å². The zero-order chi connectivity index (χ0) is 23.7. The van der Waals surface area contributed by atoms with Gasteiger partial charge in [-0.2, -0.15) is 0 Å². The minimum atomic E-state index is -3.89. The molecule has 11 heteroatoms. The molecule has 0 atom stereocenters. The van der Waals surface area contributed by atoms with Crippen LogP contribution < -0.4 is 20.1 Å². The van der Waals surface area contributed by atoms with E-state index in [2.05, 4.69) is 15.4 Å². The minimum absolute atomic E-state index is 0.104. The van der Waals surface area contributed by atoms with Gasteiger partial charge in [0.15, 0.2) is 0 Å². The highest BCUT2D eigenvalue weighted by Gasteiger charge is 2.22. The number of methoxy groups -OCH3 is 2. The molecule has 3 N–H and O–H groups in total. The van der Waals surface area contributed by atoms with Gasteiger partial charge in [0.2, 0.25) is 10.0 Å². The standard InChI is InChI=1S/C21H27N3O7S/c1-14(2)24-32(27,28)19-12-15(8-9-18(19)30-4)20(25)22-16-6-5-7-17(13-16)23-21(26)31-11-10-29-3/h5-9,12-14,24H,10-11H2,1-4H3,(H,22,25)(H,23,26). The lowest BCUT2D eigenvalue weighted by atomic mass is 10.2. The lowest BCUT2D eigenvalue weighted by Gasteiger charge is -2.14. The van der Waals surface area contributed by atoms with Crippen molar-refractivity contribution >= 4 is 33.4 Å². The van der Waals surface area contributed by atoms with Crippen molar-refractivity contribution in [2.45, 2.75) is 24.8 Å². The van der Waals surface area contributed by atoms with Crippen molar-refractivity contribution in [3.8, 4) is 5.75 Å². The summed E-state index contributed by atoms with van der Waals surface area (Å²) in [6.45, 7) is 3.76. The summed E-state index contributed by atoms with van der Waals surface area (Å²) in [7, 11) is -1.04. The molecule has 2 aromatic rings. The monoisotopic (exact) mass is 465 g/mol. The molecule has 10 nitrogen and oxygen atoms in total. The van der Waals surface area contributed by atoms with Gasteiger partial charge in [0.1, 0.15) is 17.3 Å². The van der Waals surface area contributed by atoms with Crippen LogP contribution in [0.3, 0.4) is 0 Å². The first-order valence-corrected chi connectivity index (χ1v) is 11.2. The number of hydrogen-bond acceptors (Lipinski definition) is 7. The van der Waals surface area contributed by atoms with Crippen molar-refractivity contribution in [1.82, 2.24) is 4.72 Å². The van der Waals surface area contributed by atoms with Gasteiger partial charge >= 0.3 is 6.09 Å². The maximum absolute atomic E-state index is 12.7. The van der Waals surface area contributed by atoms with Crippen LogP contribution >= 0.6 is 0 Å². The normalized spacial score (nSPS) is 11.2. The number of hydrogen-bond donors (Lipinski definition) is 3. The van der Waals surface area contributed by atoms with Crippen LogP contribution in [0.2, 0.25) is 0 Å². The third kappa shape index (κ3) is 7.22. The number of ether oxygens (including phenoxy) is 3. The predicted octanol–water partition coefficient (Wildman–Crippen LogP) is 2.83. The molecule has 0 radical (unpaired) electrons. The Labute approximate surface area is 187 Å². The van der Waals surface area contributed by atoms with Crippen molar-refractivity contribution in [1.29, 1.82) is 0 Å². The first-order chi connectivity index (χ1) is 15.2. The van der Waals surface area contributed by atoms with Gasteiger partial charge in [-0.15, -0.1) is 0 Å². The van der Waals surface area contributed by atoms with Gasteiger partial charge < -0.3 is 19.5 Å². The number of nitrogens with one attached hydrogen (secondary N) is 3. The lowest BCUT2D eigenvalue weighted by Crippen LogP contribution is -2.30. The van der Waals surface area contributed by atoms with Gasteiger partial charge in [-0.25, -0.2) is 17.9 Å². The number of benzene rings is 2. The second-order valence-corrected chi connectivity index (χ2v) is 8.61. The van der Waals surface area contributed by atoms with E-state index >= 15 is 0 Å². The van der Waals surface area contributed by atoms with E-state index in [4.69, 9.17) is 14.2 Å². The van der Waals surface area contributed by atoms with Gasteiger partial charge in [-0.3, -0.25) is 10.1 Å². The smallest absolute Gasteiger partial charge is 0.411 e. The molecule has 32 heavy (non-hydrogen) atoms. The number of amides is 2. The Morgan fingerprint density at radius 1 is 0.969 bits per heavy atom. The van der Waals surface area contributed by atoms with E-state index in [9.17, 15) is 18.0 Å². The number of carbonyl (C=O) groups is 2. The number of rotatable bonds is 10. The molecule has 0 saturated carbocycles. The van der Waals surface area contributed by atoms with E-state index in [0.717, 1.165) is 0 Å². The van der Waals surface area contributed by atoms with Crippen LogP contribution in [-0.2, 0) is 19.5 Å². The molecular weight excluding hydrogens is 438 g/mol. The maximum atomic E-state index is 12.7. The molecule has 2 aromatic carbocycles. The molecule has 2 rings (SSSR count). The van der Waals surface area contributed by atoms with Crippen LogP contribution in [0, 0.1) is 0 Å². The molecule has 0 aliphatic rings. The van der Waals surface area contributed by atoms with Crippen molar-refractivity contribution in [3.63, 3.8) is 0 Å². The molecule has 0 aliphatic heterocycles. The van der Waals surface area contributed by atoms with Crippen LogP contribution in [0.5, 0.6) is 5.75 Å². The average Bonchev–Trinajstić information content (AvgIpc) is 2.72. The van der Waals surface area contributed by atoms with E-state index in [0.29, 0.717) is 11.4 Å². The quantitative estimate of drug-likeness (QED) is 0.460. The maximum Gasteiger partial charge on any atom is 0.411 e. The minimum Gasteiger partial charge on any atom is -0.495 e. The summed E-state index contributed by atoms with van der Waals surface area (Å²) in [5.74, 6) is -0.415. The Bertz CT molecular complexity index is 1060. The van der Waals surface area contributed by atoms with E-state index in [1.807, 2.05) is 0 Å². The third-order valence-corrected chi connectivity index (χ3v) is 5.67. The third-order valence-electron chi connectivity index (χ3n) is 3.99. The lowest BCUT2D eigenvalue weighted by molar-refractivity contribution is 0.102. The summed E-state index contributed by atoms with van der Waals surface area (Å²) in [5.41, 5.74) is 0.918. The van der Waals surface area contributed by atoms with Crippen LogP contribution in [0.25, 0.3) is 0 Å². The highest BCUT2D eigenvalue weighted by molar-refractivity contribution is 7.89. The van der Waals surface area contributed by atoms with Gasteiger partial charge in [0.25, 0.3) is 5.91 Å². The zero-order valence-electron chi connectivity index (χ0n) is 18.3. The van der Waals surface area contributed by atoms with Gasteiger partial charge in [-0.05, 0) is 50.2 Å². The van der Waals surface area contributed by atoms with Gasteiger partial charge in [-0.1, -0.05) is 6.07 Å². The fourth-order valence-electron chi connectivity index (χ4n) is 2.65. The number of anilines is 2. The van der Waals surface area contributed by atoms with Crippen LogP contribution in [0.4, 0.5) is 16.2 Å². The Morgan fingerprint density at radius 3 is 2.28 bits per heavy atom. The molecular formula is C21H27N3O7S. The first-order valence-electron chi connectivity index (χ1n) is 9.70. The summed E-state index contributed by atoms with van der Waals surface area (Å²) in [5, 5.41) is 5.22. The largest absolute Gasteiger partial charge is 0.495 e. The first kappa shape index (κ1) is 25.1.